The van der Waals surface area contributed by atoms with E-state index in [9.17, 15) is 9.59 Å². The van der Waals surface area contributed by atoms with Crippen molar-refractivity contribution in [2.75, 3.05) is 24.9 Å². The molecule has 0 atom stereocenters. The minimum absolute atomic E-state index is 0.200. The number of carbonyl (C=O) groups is 2. The largest absolute Gasteiger partial charge is 0.494 e. The van der Waals surface area contributed by atoms with Crippen LogP contribution in [-0.4, -0.2) is 26.0 Å². The molecule has 2 amide bonds. The number of nitrogens with one attached hydrogen (secondary N) is 2. The molecule has 7 heteroatoms. The fraction of sp³-hybridized carbons (Fsp3) is 0.280. The van der Waals surface area contributed by atoms with Gasteiger partial charge in [-0.3, -0.25) is 9.59 Å². The van der Waals surface area contributed by atoms with Crippen molar-refractivity contribution in [3.8, 4) is 11.5 Å². The summed E-state index contributed by atoms with van der Waals surface area (Å²) < 4.78 is 10.9. The molecule has 0 unspecified atom stereocenters. The highest BCUT2D eigenvalue weighted by atomic mass is 32.1. The molecule has 168 valence electrons. The summed E-state index contributed by atoms with van der Waals surface area (Å²) in [6, 6.07) is 14.2. The summed E-state index contributed by atoms with van der Waals surface area (Å²) in [6.07, 6.45) is 2.90. The van der Waals surface area contributed by atoms with Crippen LogP contribution in [0.3, 0.4) is 0 Å². The first-order valence-corrected chi connectivity index (χ1v) is 11.4. The van der Waals surface area contributed by atoms with E-state index in [1.54, 1.807) is 36.4 Å². The van der Waals surface area contributed by atoms with Crippen LogP contribution in [0.1, 0.15) is 50.7 Å². The minimum Gasteiger partial charge on any atom is -0.494 e. The first-order valence-electron chi connectivity index (χ1n) is 10.6. The molecule has 3 aromatic rings. The molecule has 3 rings (SSSR count). The third kappa shape index (κ3) is 5.29. The van der Waals surface area contributed by atoms with Gasteiger partial charge in [0, 0.05) is 22.6 Å². The van der Waals surface area contributed by atoms with Crippen LogP contribution in [-0.2, 0) is 12.8 Å². The Bertz CT molecular complexity index is 1090. The summed E-state index contributed by atoms with van der Waals surface area (Å²) in [5.41, 5.74) is 2.66. The highest BCUT2D eigenvalue weighted by Gasteiger charge is 2.19. The number of hydrogen-bond acceptors (Lipinski definition) is 5. The lowest BCUT2D eigenvalue weighted by Gasteiger charge is -2.16. The Morgan fingerprint density at radius 3 is 2.00 bits per heavy atom. The number of aryl methyl sites for hydroxylation is 2. The molecule has 0 aliphatic carbocycles. The zero-order valence-electron chi connectivity index (χ0n) is 18.8. The van der Waals surface area contributed by atoms with E-state index in [0.717, 1.165) is 19.3 Å². The third-order valence-corrected chi connectivity index (χ3v) is 6.27. The maximum absolute atomic E-state index is 12.9. The summed E-state index contributed by atoms with van der Waals surface area (Å²) >= 11 is 1.53. The number of rotatable bonds is 9. The Labute approximate surface area is 192 Å². The molecule has 2 aromatic carbocycles. The molecular weight excluding hydrogens is 424 g/mol. The van der Waals surface area contributed by atoms with Crippen molar-refractivity contribution in [2.24, 2.45) is 0 Å². The molecule has 32 heavy (non-hydrogen) atoms. The molecule has 0 spiro atoms. The molecule has 1 aromatic heterocycles. The fourth-order valence-corrected chi connectivity index (χ4v) is 4.63. The molecule has 6 nitrogen and oxygen atoms in total. The topological polar surface area (TPSA) is 76.7 Å². The van der Waals surface area contributed by atoms with Gasteiger partial charge in [0.1, 0.15) is 11.5 Å². The van der Waals surface area contributed by atoms with Gasteiger partial charge in [-0.1, -0.05) is 38.5 Å². The van der Waals surface area contributed by atoms with Crippen LogP contribution in [0, 0.1) is 0 Å². The maximum Gasteiger partial charge on any atom is 0.265 e. The summed E-state index contributed by atoms with van der Waals surface area (Å²) in [7, 11) is 3.02. The molecule has 0 fully saturated rings. The summed E-state index contributed by atoms with van der Waals surface area (Å²) in [6.45, 7) is 4.23. The number of methoxy groups -OCH3 is 2. The van der Waals surface area contributed by atoms with Gasteiger partial charge in [-0.15, -0.1) is 11.3 Å². The van der Waals surface area contributed by atoms with Gasteiger partial charge in [0.05, 0.1) is 30.5 Å². The molecule has 2 N–H and O–H groups in total. The molecule has 0 aliphatic heterocycles. The normalized spacial score (nSPS) is 10.5. The van der Waals surface area contributed by atoms with Gasteiger partial charge < -0.3 is 20.1 Å². The maximum atomic E-state index is 12.9. The van der Waals surface area contributed by atoms with Crippen molar-refractivity contribution in [1.82, 2.24) is 0 Å². The second kappa shape index (κ2) is 10.8. The third-order valence-electron chi connectivity index (χ3n) is 5.03. The van der Waals surface area contributed by atoms with Crippen molar-refractivity contribution in [2.45, 2.75) is 33.1 Å². The van der Waals surface area contributed by atoms with E-state index in [0.29, 0.717) is 33.3 Å². The van der Waals surface area contributed by atoms with Crippen molar-refractivity contribution in [1.29, 1.82) is 0 Å². The number of hydrogen-bond donors (Lipinski definition) is 2. The van der Waals surface area contributed by atoms with Crippen molar-refractivity contribution < 1.29 is 19.1 Å². The highest BCUT2D eigenvalue weighted by molar-refractivity contribution is 7.14. The summed E-state index contributed by atoms with van der Waals surface area (Å²) in [4.78, 5) is 27.4. The van der Waals surface area contributed by atoms with E-state index in [2.05, 4.69) is 24.5 Å². The van der Waals surface area contributed by atoms with Crippen LogP contribution < -0.4 is 20.1 Å². The smallest absolute Gasteiger partial charge is 0.265 e. The Hall–Kier alpha value is -3.32. The molecule has 0 bridgehead atoms. The second-order valence-corrected chi connectivity index (χ2v) is 8.33. The van der Waals surface area contributed by atoms with E-state index >= 15 is 0 Å². The summed E-state index contributed by atoms with van der Waals surface area (Å²) in [5.74, 6) is 0.367. The van der Waals surface area contributed by atoms with Crippen LogP contribution in [0.15, 0.2) is 48.5 Å². The number of anilines is 2. The molecule has 0 saturated carbocycles. The lowest BCUT2D eigenvalue weighted by molar-refractivity contribution is 0.101. The predicted molar refractivity (Wildman–Crippen MR) is 130 cm³/mol. The van der Waals surface area contributed by atoms with E-state index in [-0.39, 0.29) is 11.8 Å². The van der Waals surface area contributed by atoms with Crippen LogP contribution >= 0.6 is 11.3 Å². The van der Waals surface area contributed by atoms with Crippen molar-refractivity contribution in [3.63, 3.8) is 0 Å². The van der Waals surface area contributed by atoms with Gasteiger partial charge in [0.15, 0.2) is 0 Å². The Morgan fingerprint density at radius 2 is 1.47 bits per heavy atom. The van der Waals surface area contributed by atoms with Crippen LogP contribution in [0.2, 0.25) is 0 Å². The van der Waals surface area contributed by atoms with E-state index < -0.39 is 0 Å². The minimum atomic E-state index is -0.267. The van der Waals surface area contributed by atoms with Gasteiger partial charge in [-0.25, -0.2) is 0 Å². The molecule has 1 heterocycles. The van der Waals surface area contributed by atoms with Gasteiger partial charge >= 0.3 is 0 Å². The van der Waals surface area contributed by atoms with Crippen LogP contribution in [0.5, 0.6) is 11.5 Å². The SMILES string of the molecule is CCCc1sc(C(=O)Nc2cc(OC)c(NC(=O)c3ccccc3)cc2OC)cc1CC. The quantitative estimate of drug-likeness (QED) is 0.431. The summed E-state index contributed by atoms with van der Waals surface area (Å²) in [5, 5.41) is 5.77. The average Bonchev–Trinajstić information content (AvgIpc) is 3.23. The Morgan fingerprint density at radius 1 is 0.875 bits per heavy atom. The van der Waals surface area contributed by atoms with E-state index in [1.807, 2.05) is 12.1 Å². The number of thiophene rings is 1. The number of carbonyl (C=O) groups excluding carboxylic acids is 2. The molecule has 0 saturated heterocycles. The molecular formula is C25H28N2O4S. The molecule has 0 aliphatic rings. The number of benzene rings is 2. The zero-order chi connectivity index (χ0) is 23.1. The fourth-order valence-electron chi connectivity index (χ4n) is 3.38. The van der Waals surface area contributed by atoms with Gasteiger partial charge in [-0.05, 0) is 36.6 Å². The van der Waals surface area contributed by atoms with Crippen LogP contribution in [0.4, 0.5) is 11.4 Å². The zero-order valence-corrected chi connectivity index (χ0v) is 19.6. The highest BCUT2D eigenvalue weighted by Crippen LogP contribution is 2.37. The average molecular weight is 453 g/mol. The van der Waals surface area contributed by atoms with Gasteiger partial charge in [-0.2, -0.15) is 0 Å². The van der Waals surface area contributed by atoms with E-state index in [1.165, 1.54) is 36.0 Å². The predicted octanol–water partition coefficient (Wildman–Crippen LogP) is 5.78. The Balaban J connectivity index is 1.86. The van der Waals surface area contributed by atoms with Crippen LogP contribution in [0.25, 0.3) is 0 Å². The standard InChI is InChI=1S/C25H28N2O4S/c1-5-10-22-16(6-2)13-23(32-22)25(29)27-19-15-20(30-3)18(14-21(19)31-4)26-24(28)17-11-8-7-9-12-17/h7-9,11-15H,5-6,10H2,1-4H3,(H,26,28)(H,27,29). The molecule has 0 radical (unpaired) electrons. The number of amides is 2. The van der Waals surface area contributed by atoms with Crippen molar-refractivity contribution in [3.05, 3.63) is 69.4 Å². The van der Waals surface area contributed by atoms with E-state index in [4.69, 9.17) is 9.47 Å². The Kier molecular flexibility index (Phi) is 7.89. The first kappa shape index (κ1) is 23.3. The second-order valence-electron chi connectivity index (χ2n) is 7.19. The van der Waals surface area contributed by atoms with Gasteiger partial charge in [0.25, 0.3) is 11.8 Å². The first-order chi connectivity index (χ1) is 15.5. The lowest BCUT2D eigenvalue weighted by atomic mass is 10.1. The van der Waals surface area contributed by atoms with Gasteiger partial charge in [0.2, 0.25) is 0 Å². The lowest BCUT2D eigenvalue weighted by Crippen LogP contribution is -2.14. The number of ether oxygens (including phenoxy) is 2. The van der Waals surface area contributed by atoms with Crippen molar-refractivity contribution >= 4 is 34.5 Å². The monoisotopic (exact) mass is 452 g/mol.